The minimum atomic E-state index is -3.82. The number of carboxylic acid groups (broad SMARTS) is 1. The van der Waals surface area contributed by atoms with Crippen LogP contribution in [0.15, 0.2) is 17.0 Å². The lowest BCUT2D eigenvalue weighted by atomic mass is 10.1. The largest absolute Gasteiger partial charge is 0.481 e. The zero-order chi connectivity index (χ0) is 23.1. The molecule has 0 aliphatic heterocycles. The highest BCUT2D eigenvalue weighted by atomic mass is 79.9. The molecule has 0 aliphatic carbocycles. The molecule has 0 aliphatic rings. The van der Waals surface area contributed by atoms with E-state index in [0.29, 0.717) is 23.7 Å². The molecular formula is C17H23Br2N3O7S. The standard InChI is InChI=1S/C17H23Br2N3O7S/c1-20(7-3-4-16(23)24)17(25)12-10-14(21(8-5-18)9-6-19)15(30(2,28)29)11-13(12)22(26)27/h10-11H,3-9H2,1-2H3,(H,23,24). The summed E-state index contributed by atoms with van der Waals surface area (Å²) in [6, 6.07) is 2.15. The molecule has 0 spiro atoms. The predicted octanol–water partition coefficient (Wildman–Crippen LogP) is 2.53. The van der Waals surface area contributed by atoms with E-state index in [1.165, 1.54) is 18.0 Å². The van der Waals surface area contributed by atoms with E-state index in [1.54, 1.807) is 4.90 Å². The summed E-state index contributed by atoms with van der Waals surface area (Å²) in [7, 11) is -2.41. The van der Waals surface area contributed by atoms with Gasteiger partial charge in [-0.1, -0.05) is 31.9 Å². The van der Waals surface area contributed by atoms with Crippen molar-refractivity contribution in [1.29, 1.82) is 0 Å². The second kappa shape index (κ2) is 11.6. The monoisotopic (exact) mass is 571 g/mol. The average molecular weight is 573 g/mol. The summed E-state index contributed by atoms with van der Waals surface area (Å²) in [5.41, 5.74) is -0.675. The third-order valence-electron chi connectivity index (χ3n) is 4.18. The molecule has 0 saturated heterocycles. The van der Waals surface area contributed by atoms with Crippen molar-refractivity contribution in [3.63, 3.8) is 0 Å². The highest BCUT2D eigenvalue weighted by Gasteiger charge is 2.30. The molecule has 1 N–H and O–H groups in total. The van der Waals surface area contributed by atoms with E-state index in [1.807, 2.05) is 0 Å². The van der Waals surface area contributed by atoms with Crippen molar-refractivity contribution in [2.45, 2.75) is 17.7 Å². The molecular weight excluding hydrogens is 550 g/mol. The van der Waals surface area contributed by atoms with Crippen molar-refractivity contribution in [2.75, 3.05) is 48.5 Å². The van der Waals surface area contributed by atoms with E-state index in [4.69, 9.17) is 5.11 Å². The van der Waals surface area contributed by atoms with Gasteiger partial charge >= 0.3 is 5.97 Å². The quantitative estimate of drug-likeness (QED) is 0.229. The molecule has 10 nitrogen and oxygen atoms in total. The lowest BCUT2D eigenvalue weighted by Crippen LogP contribution is -2.31. The van der Waals surface area contributed by atoms with Crippen LogP contribution in [0.1, 0.15) is 23.2 Å². The van der Waals surface area contributed by atoms with E-state index in [-0.39, 0.29) is 35.5 Å². The molecule has 0 heterocycles. The van der Waals surface area contributed by atoms with Crippen molar-refractivity contribution in [3.05, 3.63) is 27.8 Å². The number of alkyl halides is 2. The number of benzene rings is 1. The number of sulfone groups is 1. The Morgan fingerprint density at radius 1 is 1.17 bits per heavy atom. The third-order valence-corrected chi connectivity index (χ3v) is 6.02. The number of anilines is 1. The number of nitro benzene ring substituents is 1. The molecule has 13 heteroatoms. The van der Waals surface area contributed by atoms with E-state index in [2.05, 4.69) is 31.9 Å². The van der Waals surface area contributed by atoms with Gasteiger partial charge in [0.15, 0.2) is 9.84 Å². The zero-order valence-corrected chi connectivity index (χ0v) is 20.5. The molecule has 0 saturated carbocycles. The number of carboxylic acids is 1. The summed E-state index contributed by atoms with van der Waals surface area (Å²) in [5.74, 6) is -1.70. The van der Waals surface area contributed by atoms with Gasteiger partial charge in [0.05, 0.1) is 15.5 Å². The Labute approximate surface area is 191 Å². The fourth-order valence-electron chi connectivity index (χ4n) is 2.76. The van der Waals surface area contributed by atoms with Crippen LogP contribution >= 0.6 is 31.9 Å². The molecule has 0 atom stereocenters. The van der Waals surface area contributed by atoms with Crippen LogP contribution in [0.4, 0.5) is 11.4 Å². The van der Waals surface area contributed by atoms with Crippen LogP contribution in [-0.4, -0.2) is 78.8 Å². The second-order valence-electron chi connectivity index (χ2n) is 6.46. The zero-order valence-electron chi connectivity index (χ0n) is 16.5. The topological polar surface area (TPSA) is 138 Å². The van der Waals surface area contributed by atoms with E-state index in [9.17, 15) is 28.1 Å². The molecule has 0 radical (unpaired) electrons. The van der Waals surface area contributed by atoms with Gasteiger partial charge in [0.2, 0.25) is 0 Å². The van der Waals surface area contributed by atoms with Gasteiger partial charge in [-0.2, -0.15) is 0 Å². The molecule has 1 aromatic rings. The van der Waals surface area contributed by atoms with Crippen molar-refractivity contribution in [1.82, 2.24) is 4.90 Å². The average Bonchev–Trinajstić information content (AvgIpc) is 2.65. The summed E-state index contributed by atoms with van der Waals surface area (Å²) in [6.45, 7) is 0.903. The maximum absolute atomic E-state index is 12.9. The molecule has 0 fully saturated rings. The number of aliphatic carboxylic acids is 1. The van der Waals surface area contributed by atoms with Crippen molar-refractivity contribution in [3.8, 4) is 0 Å². The Morgan fingerprint density at radius 3 is 2.17 bits per heavy atom. The molecule has 0 bridgehead atoms. The fraction of sp³-hybridized carbons (Fsp3) is 0.529. The Kier molecular flexibility index (Phi) is 10.2. The number of nitro groups is 1. The first kappa shape index (κ1) is 26.3. The van der Waals surface area contributed by atoms with Crippen LogP contribution in [0, 0.1) is 10.1 Å². The molecule has 0 unspecified atom stereocenters. The summed E-state index contributed by atoms with van der Waals surface area (Å²) >= 11 is 6.61. The van der Waals surface area contributed by atoms with Crippen molar-refractivity contribution in [2.24, 2.45) is 0 Å². The number of amides is 1. The van der Waals surface area contributed by atoms with Crippen LogP contribution in [0.3, 0.4) is 0 Å². The van der Waals surface area contributed by atoms with Gasteiger partial charge in [0.1, 0.15) is 5.56 Å². The SMILES string of the molecule is CN(CCCC(=O)O)C(=O)c1cc(N(CCBr)CCBr)c(S(C)(=O)=O)cc1[N+](=O)[O-]. The van der Waals surface area contributed by atoms with E-state index < -0.39 is 32.3 Å². The first-order valence-corrected chi connectivity index (χ1v) is 12.9. The number of hydrogen-bond donors (Lipinski definition) is 1. The van der Waals surface area contributed by atoms with Gasteiger partial charge in [0.25, 0.3) is 11.6 Å². The number of carbonyl (C=O) groups is 2. The first-order valence-electron chi connectivity index (χ1n) is 8.80. The van der Waals surface area contributed by atoms with Gasteiger partial charge in [0, 0.05) is 56.1 Å². The maximum Gasteiger partial charge on any atom is 0.303 e. The summed E-state index contributed by atoms with van der Waals surface area (Å²) in [4.78, 5) is 37.0. The number of nitrogens with zero attached hydrogens (tertiary/aromatic N) is 3. The third kappa shape index (κ3) is 7.20. The molecule has 0 aromatic heterocycles. The molecule has 168 valence electrons. The van der Waals surface area contributed by atoms with E-state index in [0.717, 1.165) is 12.3 Å². The van der Waals surface area contributed by atoms with Gasteiger partial charge in [-0.3, -0.25) is 19.7 Å². The summed E-state index contributed by atoms with van der Waals surface area (Å²) in [6.07, 6.45) is 0.983. The Hall–Kier alpha value is -1.73. The lowest BCUT2D eigenvalue weighted by molar-refractivity contribution is -0.385. The van der Waals surface area contributed by atoms with Gasteiger partial charge in [-0.15, -0.1) is 0 Å². The minimum absolute atomic E-state index is 0.0813. The molecule has 1 amide bonds. The van der Waals surface area contributed by atoms with Crippen molar-refractivity contribution < 1.29 is 28.0 Å². The minimum Gasteiger partial charge on any atom is -0.481 e. The highest BCUT2D eigenvalue weighted by Crippen LogP contribution is 2.34. The molecule has 1 aromatic carbocycles. The number of carbonyl (C=O) groups excluding carboxylic acids is 1. The summed E-state index contributed by atoms with van der Waals surface area (Å²) in [5, 5.41) is 21.4. The number of halogens is 2. The van der Waals surface area contributed by atoms with Crippen LogP contribution in [0.5, 0.6) is 0 Å². The molecule has 1 rings (SSSR count). The summed E-state index contributed by atoms with van der Waals surface area (Å²) < 4.78 is 24.7. The predicted molar refractivity (Wildman–Crippen MR) is 120 cm³/mol. The second-order valence-corrected chi connectivity index (χ2v) is 10.0. The van der Waals surface area contributed by atoms with Crippen molar-refractivity contribution >= 4 is 64.9 Å². The van der Waals surface area contributed by atoms with Crippen LogP contribution < -0.4 is 4.90 Å². The Balaban J connectivity index is 3.57. The molecule has 30 heavy (non-hydrogen) atoms. The smallest absolute Gasteiger partial charge is 0.303 e. The van der Waals surface area contributed by atoms with Gasteiger partial charge in [-0.25, -0.2) is 8.42 Å². The van der Waals surface area contributed by atoms with Crippen LogP contribution in [-0.2, 0) is 14.6 Å². The maximum atomic E-state index is 12.9. The van der Waals surface area contributed by atoms with Gasteiger partial charge in [-0.05, 0) is 12.5 Å². The number of hydrogen-bond acceptors (Lipinski definition) is 7. The van der Waals surface area contributed by atoms with Crippen LogP contribution in [0.25, 0.3) is 0 Å². The normalized spacial score (nSPS) is 11.2. The van der Waals surface area contributed by atoms with Gasteiger partial charge < -0.3 is 14.9 Å². The lowest BCUT2D eigenvalue weighted by Gasteiger charge is -2.26. The first-order chi connectivity index (χ1) is 13.9. The van der Waals surface area contributed by atoms with E-state index >= 15 is 0 Å². The number of rotatable bonds is 12. The fourth-order valence-corrected chi connectivity index (χ4v) is 4.51. The Morgan fingerprint density at radius 2 is 1.73 bits per heavy atom. The van der Waals surface area contributed by atoms with Crippen LogP contribution in [0.2, 0.25) is 0 Å². The highest BCUT2D eigenvalue weighted by molar-refractivity contribution is 9.09. The Bertz CT molecular complexity index is 903.